The standard InChI is InChI=1S/C24H26N2O4S/c1-17-5-8-19(9-6-17)16-26(31(4,28)29)21-12-10-20(11-13-21)24(27)25-22-15-18(2)7-14-23(22)30-3/h5-15H,16H2,1-4H3,(H,25,27). The van der Waals surface area contributed by atoms with Gasteiger partial charge in [0.15, 0.2) is 0 Å². The van der Waals surface area contributed by atoms with Crippen molar-refractivity contribution in [1.82, 2.24) is 0 Å². The molecule has 3 rings (SSSR count). The second-order valence-electron chi connectivity index (χ2n) is 7.46. The molecule has 1 N–H and O–H groups in total. The first-order valence-corrected chi connectivity index (χ1v) is 11.6. The molecule has 1 amide bonds. The predicted molar refractivity (Wildman–Crippen MR) is 124 cm³/mol. The molecule has 3 aromatic carbocycles. The number of carbonyl (C=O) groups is 1. The number of hydrogen-bond donors (Lipinski definition) is 1. The molecule has 0 atom stereocenters. The maximum Gasteiger partial charge on any atom is 0.255 e. The number of rotatable bonds is 7. The molecule has 0 heterocycles. The van der Waals surface area contributed by atoms with E-state index >= 15 is 0 Å². The van der Waals surface area contributed by atoms with Crippen molar-refractivity contribution in [3.8, 4) is 5.75 Å². The number of amides is 1. The highest BCUT2D eigenvalue weighted by Crippen LogP contribution is 2.26. The fourth-order valence-corrected chi connectivity index (χ4v) is 4.04. The summed E-state index contributed by atoms with van der Waals surface area (Å²) < 4.78 is 31.4. The average Bonchev–Trinajstić information content (AvgIpc) is 2.73. The summed E-state index contributed by atoms with van der Waals surface area (Å²) >= 11 is 0. The van der Waals surface area contributed by atoms with Gasteiger partial charge in [0, 0.05) is 5.56 Å². The van der Waals surface area contributed by atoms with E-state index in [2.05, 4.69) is 5.32 Å². The van der Waals surface area contributed by atoms with Gasteiger partial charge in [0.2, 0.25) is 10.0 Å². The summed E-state index contributed by atoms with van der Waals surface area (Å²) in [6, 6.07) is 19.7. The zero-order chi connectivity index (χ0) is 22.6. The Morgan fingerprint density at radius 2 is 1.55 bits per heavy atom. The van der Waals surface area contributed by atoms with Gasteiger partial charge in [0.1, 0.15) is 5.75 Å². The highest BCUT2D eigenvalue weighted by atomic mass is 32.2. The zero-order valence-corrected chi connectivity index (χ0v) is 18.9. The lowest BCUT2D eigenvalue weighted by Gasteiger charge is -2.23. The molecule has 0 saturated heterocycles. The van der Waals surface area contributed by atoms with Gasteiger partial charge < -0.3 is 10.1 Å². The van der Waals surface area contributed by atoms with Crippen LogP contribution in [0.2, 0.25) is 0 Å². The fourth-order valence-electron chi connectivity index (χ4n) is 3.15. The molecule has 0 aromatic heterocycles. The molecule has 0 saturated carbocycles. The van der Waals surface area contributed by atoms with Crippen LogP contribution in [0.5, 0.6) is 5.75 Å². The molecule has 0 aliphatic carbocycles. The first kappa shape index (κ1) is 22.4. The predicted octanol–water partition coefficient (Wildman–Crippen LogP) is 4.53. The third kappa shape index (κ3) is 5.64. The van der Waals surface area contributed by atoms with Crippen molar-refractivity contribution in [3.63, 3.8) is 0 Å². The number of ether oxygens (including phenoxy) is 1. The summed E-state index contributed by atoms with van der Waals surface area (Å²) in [6.07, 6.45) is 1.17. The van der Waals surface area contributed by atoms with Gasteiger partial charge in [0.05, 0.1) is 31.3 Å². The van der Waals surface area contributed by atoms with Crippen LogP contribution in [0.3, 0.4) is 0 Å². The van der Waals surface area contributed by atoms with Crippen molar-refractivity contribution in [2.24, 2.45) is 0 Å². The van der Waals surface area contributed by atoms with Gasteiger partial charge in [-0.2, -0.15) is 0 Å². The fraction of sp³-hybridized carbons (Fsp3) is 0.208. The quantitative estimate of drug-likeness (QED) is 0.588. The van der Waals surface area contributed by atoms with Gasteiger partial charge in [-0.25, -0.2) is 8.42 Å². The Bertz CT molecular complexity index is 1170. The molecule has 31 heavy (non-hydrogen) atoms. The zero-order valence-electron chi connectivity index (χ0n) is 18.0. The molecule has 0 aliphatic rings. The summed E-state index contributed by atoms with van der Waals surface area (Å²) in [5.41, 5.74) is 4.46. The number of anilines is 2. The van der Waals surface area contributed by atoms with E-state index in [0.717, 1.165) is 16.7 Å². The summed E-state index contributed by atoms with van der Waals surface area (Å²) in [5, 5.41) is 2.85. The number of methoxy groups -OCH3 is 1. The van der Waals surface area contributed by atoms with E-state index < -0.39 is 10.0 Å². The van der Waals surface area contributed by atoms with Gasteiger partial charge in [-0.3, -0.25) is 9.10 Å². The third-order valence-corrected chi connectivity index (χ3v) is 6.01. The number of sulfonamides is 1. The molecular formula is C24H26N2O4S. The summed E-state index contributed by atoms with van der Waals surface area (Å²) in [4.78, 5) is 12.7. The van der Waals surface area contributed by atoms with E-state index in [9.17, 15) is 13.2 Å². The first-order chi connectivity index (χ1) is 14.7. The molecule has 0 aliphatic heterocycles. The maximum atomic E-state index is 12.7. The van der Waals surface area contributed by atoms with Crippen molar-refractivity contribution in [2.45, 2.75) is 20.4 Å². The van der Waals surface area contributed by atoms with Gasteiger partial charge in [-0.15, -0.1) is 0 Å². The maximum absolute atomic E-state index is 12.7. The van der Waals surface area contributed by atoms with Crippen molar-refractivity contribution in [3.05, 3.63) is 89.0 Å². The number of nitrogens with zero attached hydrogens (tertiary/aromatic N) is 1. The first-order valence-electron chi connectivity index (χ1n) is 9.76. The van der Waals surface area contributed by atoms with Gasteiger partial charge >= 0.3 is 0 Å². The van der Waals surface area contributed by atoms with Gasteiger partial charge in [-0.05, 0) is 61.4 Å². The molecule has 162 valence electrons. The molecule has 0 spiro atoms. The second kappa shape index (κ2) is 9.22. The topological polar surface area (TPSA) is 75.7 Å². The number of hydrogen-bond acceptors (Lipinski definition) is 4. The molecular weight excluding hydrogens is 412 g/mol. The lowest BCUT2D eigenvalue weighted by atomic mass is 10.1. The van der Waals surface area contributed by atoms with Gasteiger partial charge in [-0.1, -0.05) is 35.9 Å². The van der Waals surface area contributed by atoms with Crippen molar-refractivity contribution in [1.29, 1.82) is 0 Å². The van der Waals surface area contributed by atoms with Crippen LogP contribution in [0.25, 0.3) is 0 Å². The molecule has 6 nitrogen and oxygen atoms in total. The number of aryl methyl sites for hydroxylation is 2. The summed E-state index contributed by atoms with van der Waals surface area (Å²) in [5.74, 6) is 0.261. The minimum atomic E-state index is -3.51. The van der Waals surface area contributed by atoms with E-state index in [0.29, 0.717) is 22.7 Å². The van der Waals surface area contributed by atoms with Crippen LogP contribution in [-0.2, 0) is 16.6 Å². The number of nitrogens with one attached hydrogen (secondary N) is 1. The minimum absolute atomic E-state index is 0.213. The average molecular weight is 439 g/mol. The van der Waals surface area contributed by atoms with Crippen molar-refractivity contribution < 1.29 is 17.9 Å². The molecule has 3 aromatic rings. The van der Waals surface area contributed by atoms with Crippen LogP contribution in [0.1, 0.15) is 27.0 Å². The lowest BCUT2D eigenvalue weighted by molar-refractivity contribution is 0.102. The summed E-state index contributed by atoms with van der Waals surface area (Å²) in [7, 11) is -1.96. The molecule has 7 heteroatoms. The minimum Gasteiger partial charge on any atom is -0.495 e. The Balaban J connectivity index is 1.82. The Labute approximate surface area is 183 Å². The molecule has 0 radical (unpaired) electrons. The highest BCUT2D eigenvalue weighted by molar-refractivity contribution is 7.92. The summed E-state index contributed by atoms with van der Waals surface area (Å²) in [6.45, 7) is 4.12. The smallest absolute Gasteiger partial charge is 0.255 e. The van der Waals surface area contributed by atoms with Gasteiger partial charge in [0.25, 0.3) is 5.91 Å². The molecule has 0 bridgehead atoms. The van der Waals surface area contributed by atoms with E-state index in [1.54, 1.807) is 37.4 Å². The molecule has 0 fully saturated rings. The largest absolute Gasteiger partial charge is 0.495 e. The van der Waals surface area contributed by atoms with E-state index in [4.69, 9.17) is 4.74 Å². The Hall–Kier alpha value is -3.32. The Morgan fingerprint density at radius 3 is 2.13 bits per heavy atom. The van der Waals surface area contributed by atoms with Crippen molar-refractivity contribution >= 4 is 27.3 Å². The molecule has 0 unspecified atom stereocenters. The third-order valence-electron chi connectivity index (χ3n) is 4.87. The van der Waals surface area contributed by atoms with Crippen LogP contribution in [0.4, 0.5) is 11.4 Å². The van der Waals surface area contributed by atoms with Crippen LogP contribution < -0.4 is 14.4 Å². The van der Waals surface area contributed by atoms with Crippen molar-refractivity contribution in [2.75, 3.05) is 23.0 Å². The SMILES string of the molecule is COc1ccc(C)cc1NC(=O)c1ccc(N(Cc2ccc(C)cc2)S(C)(=O)=O)cc1. The Morgan fingerprint density at radius 1 is 0.935 bits per heavy atom. The van der Waals surface area contributed by atoms with Crippen LogP contribution in [0, 0.1) is 13.8 Å². The van der Waals surface area contributed by atoms with Crippen LogP contribution in [-0.4, -0.2) is 27.7 Å². The van der Waals surface area contributed by atoms with E-state index in [1.807, 2.05) is 50.2 Å². The van der Waals surface area contributed by atoms with Crippen LogP contribution >= 0.6 is 0 Å². The monoisotopic (exact) mass is 438 g/mol. The number of benzene rings is 3. The highest BCUT2D eigenvalue weighted by Gasteiger charge is 2.19. The van der Waals surface area contributed by atoms with Crippen LogP contribution in [0.15, 0.2) is 66.7 Å². The van der Waals surface area contributed by atoms with E-state index in [-0.39, 0.29) is 12.5 Å². The number of carbonyl (C=O) groups excluding carboxylic acids is 1. The lowest BCUT2D eigenvalue weighted by Crippen LogP contribution is -2.29. The van der Waals surface area contributed by atoms with E-state index in [1.165, 1.54) is 10.6 Å². The Kier molecular flexibility index (Phi) is 6.65. The second-order valence-corrected chi connectivity index (χ2v) is 9.37. The normalized spacial score (nSPS) is 11.1.